The SMILES string of the molecule is CCCCNC(=O)c1ccc2c(c1)N(Cc1ccc(C(N)=O)cc1)C(=O)[C@@H](N)CS2.Cl. The van der Waals surface area contributed by atoms with Gasteiger partial charge in [-0.15, -0.1) is 24.2 Å². The van der Waals surface area contributed by atoms with Crippen LogP contribution < -0.4 is 21.7 Å². The van der Waals surface area contributed by atoms with E-state index < -0.39 is 11.9 Å². The van der Waals surface area contributed by atoms with Gasteiger partial charge in [-0.2, -0.15) is 0 Å². The zero-order valence-electron chi connectivity index (χ0n) is 17.3. The molecule has 0 radical (unpaired) electrons. The zero-order chi connectivity index (χ0) is 21.7. The van der Waals surface area contributed by atoms with Crippen LogP contribution in [-0.4, -0.2) is 36.1 Å². The number of amides is 3. The fraction of sp³-hybridized carbons (Fsp3) is 0.318. The highest BCUT2D eigenvalue weighted by atomic mass is 35.5. The van der Waals surface area contributed by atoms with E-state index in [1.54, 1.807) is 41.3 Å². The van der Waals surface area contributed by atoms with Gasteiger partial charge in [0.2, 0.25) is 11.8 Å². The maximum absolute atomic E-state index is 13.0. The van der Waals surface area contributed by atoms with Crippen molar-refractivity contribution in [3.05, 3.63) is 59.2 Å². The van der Waals surface area contributed by atoms with Crippen LogP contribution in [0, 0.1) is 0 Å². The lowest BCUT2D eigenvalue weighted by molar-refractivity contribution is -0.119. The predicted octanol–water partition coefficient (Wildman–Crippen LogP) is 2.70. The monoisotopic (exact) mass is 462 g/mol. The Morgan fingerprint density at radius 1 is 1.16 bits per heavy atom. The number of fused-ring (bicyclic) bond motifs is 1. The van der Waals surface area contributed by atoms with Gasteiger partial charge in [0.1, 0.15) is 0 Å². The maximum Gasteiger partial charge on any atom is 0.251 e. The van der Waals surface area contributed by atoms with Crippen molar-refractivity contribution in [2.45, 2.75) is 37.2 Å². The summed E-state index contributed by atoms with van der Waals surface area (Å²) in [6.45, 7) is 2.95. The highest BCUT2D eigenvalue weighted by Crippen LogP contribution is 2.35. The number of carbonyl (C=O) groups is 3. The Hall–Kier alpha value is -2.55. The van der Waals surface area contributed by atoms with E-state index in [1.807, 2.05) is 6.07 Å². The molecule has 2 aromatic rings. The third-order valence-electron chi connectivity index (χ3n) is 4.91. The Morgan fingerprint density at radius 2 is 1.84 bits per heavy atom. The molecule has 0 saturated heterocycles. The van der Waals surface area contributed by atoms with E-state index in [2.05, 4.69) is 12.2 Å². The number of primary amides is 1. The van der Waals surface area contributed by atoms with E-state index in [-0.39, 0.29) is 30.8 Å². The van der Waals surface area contributed by atoms with Crippen molar-refractivity contribution in [3.63, 3.8) is 0 Å². The molecule has 0 aromatic heterocycles. The van der Waals surface area contributed by atoms with Gasteiger partial charge in [-0.1, -0.05) is 25.5 Å². The van der Waals surface area contributed by atoms with Crippen LogP contribution in [0.4, 0.5) is 5.69 Å². The lowest BCUT2D eigenvalue weighted by atomic mass is 10.1. The molecule has 0 spiro atoms. The van der Waals surface area contributed by atoms with Crippen LogP contribution in [0.15, 0.2) is 47.4 Å². The standard InChI is InChI=1S/C22H26N4O3S.ClH/c1-2-3-10-25-21(28)16-8-9-19-18(11-16)26(22(29)17(23)13-30-19)12-14-4-6-15(7-5-14)20(24)27;/h4-9,11,17H,2-3,10,12-13,23H2,1H3,(H2,24,27)(H,25,28);1H/t17-;/m0./s1. The van der Waals surface area contributed by atoms with Gasteiger partial charge in [0.15, 0.2) is 0 Å². The summed E-state index contributed by atoms with van der Waals surface area (Å²) in [5.74, 6) is -0.410. The van der Waals surface area contributed by atoms with Gasteiger partial charge in [0, 0.05) is 28.3 Å². The number of halogens is 1. The number of hydrogen-bond acceptors (Lipinski definition) is 5. The molecule has 1 heterocycles. The van der Waals surface area contributed by atoms with Crippen LogP contribution in [-0.2, 0) is 11.3 Å². The molecular formula is C22H27ClN4O3S. The topological polar surface area (TPSA) is 119 Å². The maximum atomic E-state index is 13.0. The van der Waals surface area contributed by atoms with E-state index in [0.29, 0.717) is 29.1 Å². The normalized spacial score (nSPS) is 15.5. The molecular weight excluding hydrogens is 436 g/mol. The summed E-state index contributed by atoms with van der Waals surface area (Å²) in [6.07, 6.45) is 1.91. The van der Waals surface area contributed by atoms with E-state index in [1.165, 1.54) is 11.8 Å². The van der Waals surface area contributed by atoms with Crippen molar-refractivity contribution in [1.82, 2.24) is 5.32 Å². The summed E-state index contributed by atoms with van der Waals surface area (Å²) in [4.78, 5) is 39.3. The fourth-order valence-corrected chi connectivity index (χ4v) is 4.15. The van der Waals surface area contributed by atoms with Gasteiger partial charge in [-0.3, -0.25) is 14.4 Å². The molecule has 5 N–H and O–H groups in total. The third-order valence-corrected chi connectivity index (χ3v) is 6.09. The first kappa shape index (κ1) is 24.7. The molecule has 7 nitrogen and oxygen atoms in total. The average Bonchev–Trinajstić information content (AvgIpc) is 2.86. The summed E-state index contributed by atoms with van der Waals surface area (Å²) >= 11 is 1.50. The van der Waals surface area contributed by atoms with Crippen molar-refractivity contribution in [2.24, 2.45) is 11.5 Å². The first-order valence-corrected chi connectivity index (χ1v) is 10.9. The minimum Gasteiger partial charge on any atom is -0.366 e. The first-order chi connectivity index (χ1) is 14.4. The Kier molecular flexibility index (Phi) is 8.91. The second kappa shape index (κ2) is 11.2. The lowest BCUT2D eigenvalue weighted by Gasteiger charge is -2.25. The van der Waals surface area contributed by atoms with Crippen molar-refractivity contribution >= 4 is 47.6 Å². The highest BCUT2D eigenvalue weighted by Gasteiger charge is 2.29. The lowest BCUT2D eigenvalue weighted by Crippen LogP contribution is -2.44. The number of hydrogen-bond donors (Lipinski definition) is 3. The minimum atomic E-state index is -0.644. The van der Waals surface area contributed by atoms with Crippen LogP contribution in [0.1, 0.15) is 46.0 Å². The van der Waals surface area contributed by atoms with Gasteiger partial charge in [0.05, 0.1) is 18.3 Å². The number of carbonyl (C=O) groups excluding carboxylic acids is 3. The summed E-state index contributed by atoms with van der Waals surface area (Å²) in [7, 11) is 0. The molecule has 0 unspecified atom stereocenters. The predicted molar refractivity (Wildman–Crippen MR) is 126 cm³/mol. The van der Waals surface area contributed by atoms with E-state index >= 15 is 0 Å². The summed E-state index contributed by atoms with van der Waals surface area (Å²) < 4.78 is 0. The zero-order valence-corrected chi connectivity index (χ0v) is 18.9. The van der Waals surface area contributed by atoms with Gasteiger partial charge < -0.3 is 21.7 Å². The molecule has 0 saturated carbocycles. The molecule has 166 valence electrons. The number of thioether (sulfide) groups is 1. The Morgan fingerprint density at radius 3 is 2.48 bits per heavy atom. The number of rotatable bonds is 7. The molecule has 1 atom stereocenters. The highest BCUT2D eigenvalue weighted by molar-refractivity contribution is 7.99. The van der Waals surface area contributed by atoms with E-state index in [0.717, 1.165) is 23.3 Å². The van der Waals surface area contributed by atoms with Crippen LogP contribution in [0.5, 0.6) is 0 Å². The first-order valence-electron chi connectivity index (χ1n) is 9.91. The molecule has 0 bridgehead atoms. The van der Waals surface area contributed by atoms with Crippen LogP contribution in [0.3, 0.4) is 0 Å². The van der Waals surface area contributed by atoms with Crippen molar-refractivity contribution in [1.29, 1.82) is 0 Å². The van der Waals surface area contributed by atoms with Crippen molar-refractivity contribution in [3.8, 4) is 0 Å². The number of nitrogens with two attached hydrogens (primary N) is 2. The number of anilines is 1. The molecule has 3 rings (SSSR count). The van der Waals surface area contributed by atoms with Crippen LogP contribution >= 0.6 is 24.2 Å². The smallest absolute Gasteiger partial charge is 0.251 e. The quantitative estimate of drug-likeness (QED) is 0.546. The molecule has 31 heavy (non-hydrogen) atoms. The van der Waals surface area contributed by atoms with Crippen LogP contribution in [0.25, 0.3) is 0 Å². The Bertz CT molecular complexity index is 952. The van der Waals surface area contributed by atoms with Crippen molar-refractivity contribution in [2.75, 3.05) is 17.2 Å². The second-order valence-electron chi connectivity index (χ2n) is 7.20. The average molecular weight is 463 g/mol. The Labute approximate surface area is 192 Å². The van der Waals surface area contributed by atoms with E-state index in [9.17, 15) is 14.4 Å². The second-order valence-corrected chi connectivity index (χ2v) is 8.26. The van der Waals surface area contributed by atoms with Crippen molar-refractivity contribution < 1.29 is 14.4 Å². The molecule has 2 aromatic carbocycles. The van der Waals surface area contributed by atoms with Gasteiger partial charge in [-0.25, -0.2) is 0 Å². The van der Waals surface area contributed by atoms with Gasteiger partial charge in [-0.05, 0) is 42.3 Å². The summed E-state index contributed by atoms with van der Waals surface area (Å²) in [6, 6.07) is 11.5. The molecule has 3 amide bonds. The number of nitrogens with zero attached hydrogens (tertiary/aromatic N) is 1. The molecule has 1 aliphatic rings. The third kappa shape index (κ3) is 6.00. The largest absolute Gasteiger partial charge is 0.366 e. The van der Waals surface area contributed by atoms with Crippen LogP contribution in [0.2, 0.25) is 0 Å². The molecule has 0 aliphatic carbocycles. The number of unbranched alkanes of at least 4 members (excludes halogenated alkanes) is 1. The Balaban J connectivity index is 0.00000341. The molecule has 9 heteroatoms. The summed E-state index contributed by atoms with van der Waals surface area (Å²) in [5.41, 5.74) is 13.8. The number of nitrogens with one attached hydrogen (secondary N) is 1. The van der Waals surface area contributed by atoms with Gasteiger partial charge in [0.25, 0.3) is 5.91 Å². The summed E-state index contributed by atoms with van der Waals surface area (Å²) in [5, 5.41) is 2.91. The minimum absolute atomic E-state index is 0. The fourth-order valence-electron chi connectivity index (χ4n) is 3.16. The molecule has 0 fully saturated rings. The molecule has 1 aliphatic heterocycles. The van der Waals surface area contributed by atoms with E-state index in [4.69, 9.17) is 11.5 Å². The van der Waals surface area contributed by atoms with Gasteiger partial charge >= 0.3 is 0 Å². The number of benzene rings is 2.